The number of nitrogens with zero attached hydrogens (tertiary/aromatic N) is 2. The molecule has 17 heavy (non-hydrogen) atoms. The van der Waals surface area contributed by atoms with Gasteiger partial charge in [0, 0.05) is 38.8 Å². The molecule has 2 fully saturated rings. The Morgan fingerprint density at radius 1 is 1.18 bits per heavy atom. The number of hydrogen-bond acceptors (Lipinski definition) is 4. The first-order valence-corrected chi connectivity index (χ1v) is 7.05. The van der Waals surface area contributed by atoms with E-state index in [4.69, 9.17) is 10.5 Å². The van der Waals surface area contributed by atoms with E-state index in [9.17, 15) is 0 Å². The number of likely N-dealkylation sites (tertiary alicyclic amines) is 1. The Hall–Kier alpha value is -0.160. The molecule has 0 aromatic heterocycles. The summed E-state index contributed by atoms with van der Waals surface area (Å²) in [5.74, 6) is 0.762. The maximum Gasteiger partial charge on any atom is 0.0594 e. The number of nitrogens with two attached hydrogens (primary N) is 1. The highest BCUT2D eigenvalue weighted by molar-refractivity contribution is 4.83. The zero-order chi connectivity index (χ0) is 12.1. The zero-order valence-corrected chi connectivity index (χ0v) is 11.1. The third-order valence-corrected chi connectivity index (χ3v) is 4.28. The fraction of sp³-hybridized carbons (Fsp3) is 1.00. The van der Waals surface area contributed by atoms with E-state index in [2.05, 4.69) is 16.7 Å². The molecule has 0 bridgehead atoms. The Balaban J connectivity index is 1.76. The fourth-order valence-corrected chi connectivity index (χ4v) is 3.09. The molecule has 2 N–H and O–H groups in total. The lowest BCUT2D eigenvalue weighted by molar-refractivity contribution is 0.0248. The Morgan fingerprint density at radius 2 is 1.94 bits per heavy atom. The smallest absolute Gasteiger partial charge is 0.0594 e. The summed E-state index contributed by atoms with van der Waals surface area (Å²) in [6, 6.07) is 0.602. The van der Waals surface area contributed by atoms with Crippen LogP contribution in [-0.4, -0.2) is 68.3 Å². The average molecular weight is 241 g/mol. The Bertz CT molecular complexity index is 219. The molecule has 2 unspecified atom stereocenters. The van der Waals surface area contributed by atoms with E-state index < -0.39 is 0 Å². The van der Waals surface area contributed by atoms with E-state index in [1.807, 2.05) is 0 Å². The molecule has 2 heterocycles. The number of hydrogen-bond donors (Lipinski definition) is 1. The highest BCUT2D eigenvalue weighted by Gasteiger charge is 2.27. The quantitative estimate of drug-likeness (QED) is 0.772. The van der Waals surface area contributed by atoms with Gasteiger partial charge in [-0.05, 0) is 25.3 Å². The highest BCUT2D eigenvalue weighted by Crippen LogP contribution is 2.22. The molecule has 100 valence electrons. The molecular formula is C13H27N3O. The van der Waals surface area contributed by atoms with Crippen molar-refractivity contribution in [1.29, 1.82) is 0 Å². The van der Waals surface area contributed by atoms with Crippen molar-refractivity contribution in [1.82, 2.24) is 9.80 Å². The summed E-state index contributed by atoms with van der Waals surface area (Å²) >= 11 is 0. The molecule has 0 aromatic carbocycles. The lowest BCUT2D eigenvalue weighted by atomic mass is 9.91. The molecule has 4 nitrogen and oxygen atoms in total. The van der Waals surface area contributed by atoms with Crippen LogP contribution in [-0.2, 0) is 4.74 Å². The van der Waals surface area contributed by atoms with Crippen molar-refractivity contribution in [2.75, 3.05) is 52.5 Å². The molecule has 2 aliphatic rings. The van der Waals surface area contributed by atoms with E-state index in [1.54, 1.807) is 0 Å². The third kappa shape index (κ3) is 3.65. The van der Waals surface area contributed by atoms with Crippen LogP contribution in [0.4, 0.5) is 0 Å². The highest BCUT2D eigenvalue weighted by atomic mass is 16.5. The van der Waals surface area contributed by atoms with Crippen molar-refractivity contribution >= 4 is 0 Å². The van der Waals surface area contributed by atoms with Crippen LogP contribution in [0.2, 0.25) is 0 Å². The second kappa shape index (κ2) is 6.69. The lowest BCUT2D eigenvalue weighted by Crippen LogP contribution is -2.51. The van der Waals surface area contributed by atoms with Gasteiger partial charge in [0.15, 0.2) is 0 Å². The van der Waals surface area contributed by atoms with Gasteiger partial charge in [0.25, 0.3) is 0 Å². The minimum atomic E-state index is 0.602. The summed E-state index contributed by atoms with van der Waals surface area (Å²) in [5, 5.41) is 0. The molecule has 0 radical (unpaired) electrons. The molecule has 0 saturated carbocycles. The van der Waals surface area contributed by atoms with Gasteiger partial charge >= 0.3 is 0 Å². The summed E-state index contributed by atoms with van der Waals surface area (Å²) in [6.07, 6.45) is 2.68. The number of piperidine rings is 1. The predicted octanol–water partition coefficient (Wildman–Crippen LogP) is 0.378. The van der Waals surface area contributed by atoms with Crippen LogP contribution in [0, 0.1) is 5.92 Å². The van der Waals surface area contributed by atoms with Crippen molar-refractivity contribution < 1.29 is 4.74 Å². The second-order valence-corrected chi connectivity index (χ2v) is 5.41. The maximum absolute atomic E-state index is 5.92. The van der Waals surface area contributed by atoms with Gasteiger partial charge in [0.05, 0.1) is 13.2 Å². The van der Waals surface area contributed by atoms with Gasteiger partial charge in [0.1, 0.15) is 0 Å². The van der Waals surface area contributed by atoms with Crippen LogP contribution in [0.3, 0.4) is 0 Å². The van der Waals surface area contributed by atoms with Gasteiger partial charge in [-0.15, -0.1) is 0 Å². The maximum atomic E-state index is 5.92. The standard InChI is InChI=1S/C13H27N3O/c1-12-3-2-4-16(13(12)11-14)6-5-15-7-9-17-10-8-15/h12-13H,2-11,14H2,1H3. The van der Waals surface area contributed by atoms with Crippen LogP contribution < -0.4 is 5.73 Å². The van der Waals surface area contributed by atoms with E-state index >= 15 is 0 Å². The van der Waals surface area contributed by atoms with E-state index in [0.717, 1.165) is 38.8 Å². The minimum absolute atomic E-state index is 0.602. The van der Waals surface area contributed by atoms with Gasteiger partial charge in [-0.1, -0.05) is 6.92 Å². The predicted molar refractivity (Wildman–Crippen MR) is 70.1 cm³/mol. The Morgan fingerprint density at radius 3 is 2.65 bits per heavy atom. The normalized spacial score (nSPS) is 32.8. The summed E-state index contributed by atoms with van der Waals surface area (Å²) in [4.78, 5) is 5.11. The SMILES string of the molecule is CC1CCCN(CCN2CCOCC2)C1CN. The van der Waals surface area contributed by atoms with Crippen molar-refractivity contribution in [2.24, 2.45) is 11.7 Å². The third-order valence-electron chi connectivity index (χ3n) is 4.28. The van der Waals surface area contributed by atoms with Crippen molar-refractivity contribution in [2.45, 2.75) is 25.8 Å². The van der Waals surface area contributed by atoms with Gasteiger partial charge in [0.2, 0.25) is 0 Å². The van der Waals surface area contributed by atoms with Gasteiger partial charge in [-0.2, -0.15) is 0 Å². The molecule has 0 aliphatic carbocycles. The van der Waals surface area contributed by atoms with E-state index in [-0.39, 0.29) is 0 Å². The fourth-order valence-electron chi connectivity index (χ4n) is 3.09. The number of morpholine rings is 1. The molecule has 4 heteroatoms. The lowest BCUT2D eigenvalue weighted by Gasteiger charge is -2.40. The van der Waals surface area contributed by atoms with Crippen LogP contribution >= 0.6 is 0 Å². The van der Waals surface area contributed by atoms with Crippen LogP contribution in [0.5, 0.6) is 0 Å². The zero-order valence-electron chi connectivity index (χ0n) is 11.1. The van der Waals surface area contributed by atoms with Crippen LogP contribution in [0.1, 0.15) is 19.8 Å². The van der Waals surface area contributed by atoms with Crippen LogP contribution in [0.25, 0.3) is 0 Å². The number of ether oxygens (including phenoxy) is 1. The van der Waals surface area contributed by atoms with Crippen molar-refractivity contribution in [3.05, 3.63) is 0 Å². The first-order valence-electron chi connectivity index (χ1n) is 7.05. The molecule has 0 aromatic rings. The molecule has 2 atom stereocenters. The Kier molecular flexibility index (Phi) is 5.22. The Labute approximate surface area is 105 Å². The molecule has 0 amide bonds. The second-order valence-electron chi connectivity index (χ2n) is 5.41. The summed E-state index contributed by atoms with van der Waals surface area (Å²) in [7, 11) is 0. The monoisotopic (exact) mass is 241 g/mol. The van der Waals surface area contributed by atoms with E-state index in [0.29, 0.717) is 6.04 Å². The first kappa shape index (κ1) is 13.3. The molecule has 2 rings (SSSR count). The van der Waals surface area contributed by atoms with Gasteiger partial charge in [-0.25, -0.2) is 0 Å². The largest absolute Gasteiger partial charge is 0.379 e. The first-order chi connectivity index (χ1) is 8.31. The average Bonchev–Trinajstić information content (AvgIpc) is 2.37. The van der Waals surface area contributed by atoms with Crippen molar-refractivity contribution in [3.8, 4) is 0 Å². The molecular weight excluding hydrogens is 214 g/mol. The molecule has 2 aliphatic heterocycles. The van der Waals surface area contributed by atoms with E-state index in [1.165, 1.54) is 32.5 Å². The van der Waals surface area contributed by atoms with Gasteiger partial charge in [-0.3, -0.25) is 9.80 Å². The molecule has 0 spiro atoms. The minimum Gasteiger partial charge on any atom is -0.379 e. The molecule has 2 saturated heterocycles. The van der Waals surface area contributed by atoms with Crippen molar-refractivity contribution in [3.63, 3.8) is 0 Å². The summed E-state index contributed by atoms with van der Waals surface area (Å²) < 4.78 is 5.38. The number of rotatable bonds is 4. The summed E-state index contributed by atoms with van der Waals surface area (Å²) in [5.41, 5.74) is 5.92. The topological polar surface area (TPSA) is 41.7 Å². The van der Waals surface area contributed by atoms with Gasteiger partial charge < -0.3 is 10.5 Å². The van der Waals surface area contributed by atoms with Crippen LogP contribution in [0.15, 0.2) is 0 Å². The summed E-state index contributed by atoms with van der Waals surface area (Å²) in [6.45, 7) is 10.7.